The fourth-order valence-electron chi connectivity index (χ4n) is 1.28. The van der Waals surface area contributed by atoms with Crippen LogP contribution in [0.1, 0.15) is 5.56 Å². The van der Waals surface area contributed by atoms with Crippen molar-refractivity contribution in [2.24, 2.45) is 0 Å². The molecule has 1 aromatic carbocycles. The molecule has 0 aliphatic heterocycles. The molecule has 0 spiro atoms. The van der Waals surface area contributed by atoms with Gasteiger partial charge in [0.2, 0.25) is 5.95 Å². The number of para-hydroxylation sites is 1. The van der Waals surface area contributed by atoms with Crippen LogP contribution in [0.4, 0.5) is 16.0 Å². The standard InChI is InChI=1S/C11H9FIN3/c1-7-3-2-4-9(12)10(7)16-11-14-5-8(13)6-15-11/h2-6H,1H3,(H,14,15,16). The SMILES string of the molecule is Cc1cccc(F)c1Nc1ncc(I)cn1. The summed E-state index contributed by atoms with van der Waals surface area (Å²) in [5.41, 5.74) is 1.24. The second kappa shape index (κ2) is 4.73. The molecule has 0 saturated carbocycles. The molecule has 0 atom stereocenters. The predicted octanol–water partition coefficient (Wildman–Crippen LogP) is 3.27. The van der Waals surface area contributed by atoms with E-state index < -0.39 is 0 Å². The summed E-state index contributed by atoms with van der Waals surface area (Å²) in [5.74, 6) is 0.0933. The molecule has 0 unspecified atom stereocenters. The molecule has 82 valence electrons. The van der Waals surface area contributed by atoms with Crippen molar-refractivity contribution < 1.29 is 4.39 Å². The molecular weight excluding hydrogens is 320 g/mol. The molecular formula is C11H9FIN3. The van der Waals surface area contributed by atoms with Crippen molar-refractivity contribution in [3.63, 3.8) is 0 Å². The van der Waals surface area contributed by atoms with Gasteiger partial charge in [0, 0.05) is 16.0 Å². The summed E-state index contributed by atoms with van der Waals surface area (Å²) in [7, 11) is 0. The van der Waals surface area contributed by atoms with Gasteiger partial charge in [-0.1, -0.05) is 12.1 Å². The Morgan fingerprint density at radius 1 is 1.25 bits per heavy atom. The summed E-state index contributed by atoms with van der Waals surface area (Å²) in [6.07, 6.45) is 3.35. The fourth-order valence-corrected chi connectivity index (χ4v) is 1.56. The largest absolute Gasteiger partial charge is 0.321 e. The molecule has 16 heavy (non-hydrogen) atoms. The first kappa shape index (κ1) is 11.3. The van der Waals surface area contributed by atoms with Crippen molar-refractivity contribution in [2.45, 2.75) is 6.92 Å². The fraction of sp³-hybridized carbons (Fsp3) is 0.0909. The van der Waals surface area contributed by atoms with Gasteiger partial charge in [-0.05, 0) is 41.1 Å². The molecule has 3 nitrogen and oxygen atoms in total. The summed E-state index contributed by atoms with van der Waals surface area (Å²) < 4.78 is 14.4. The van der Waals surface area contributed by atoms with E-state index in [-0.39, 0.29) is 5.82 Å². The van der Waals surface area contributed by atoms with Gasteiger partial charge >= 0.3 is 0 Å². The van der Waals surface area contributed by atoms with Gasteiger partial charge < -0.3 is 5.32 Å². The van der Waals surface area contributed by atoms with Gasteiger partial charge in [-0.3, -0.25) is 0 Å². The summed E-state index contributed by atoms with van der Waals surface area (Å²) >= 11 is 2.11. The average Bonchev–Trinajstić information content (AvgIpc) is 2.26. The van der Waals surface area contributed by atoms with E-state index in [0.29, 0.717) is 11.6 Å². The number of nitrogens with zero attached hydrogens (tertiary/aromatic N) is 2. The van der Waals surface area contributed by atoms with Crippen molar-refractivity contribution in [3.8, 4) is 0 Å². The van der Waals surface area contributed by atoms with Crippen LogP contribution in [0.5, 0.6) is 0 Å². The molecule has 0 radical (unpaired) electrons. The molecule has 5 heteroatoms. The summed E-state index contributed by atoms with van der Waals surface area (Å²) in [4.78, 5) is 8.12. The van der Waals surface area contributed by atoms with E-state index in [0.717, 1.165) is 9.13 Å². The number of nitrogens with one attached hydrogen (secondary N) is 1. The Balaban J connectivity index is 2.30. The average molecular weight is 329 g/mol. The molecule has 0 saturated heterocycles. The summed E-state index contributed by atoms with van der Waals surface area (Å²) in [6, 6.07) is 4.91. The number of halogens is 2. The van der Waals surface area contributed by atoms with Gasteiger partial charge in [-0.2, -0.15) is 0 Å². The number of hydrogen-bond donors (Lipinski definition) is 1. The quantitative estimate of drug-likeness (QED) is 0.860. The molecule has 1 heterocycles. The van der Waals surface area contributed by atoms with Crippen molar-refractivity contribution in [1.82, 2.24) is 9.97 Å². The number of hydrogen-bond acceptors (Lipinski definition) is 3. The van der Waals surface area contributed by atoms with Crippen LogP contribution < -0.4 is 5.32 Å². The number of aromatic nitrogens is 2. The van der Waals surface area contributed by atoms with E-state index >= 15 is 0 Å². The van der Waals surface area contributed by atoms with Gasteiger partial charge in [0.05, 0.1) is 5.69 Å². The van der Waals surface area contributed by atoms with Gasteiger partial charge in [-0.25, -0.2) is 14.4 Å². The monoisotopic (exact) mass is 329 g/mol. The van der Waals surface area contributed by atoms with E-state index in [1.807, 2.05) is 13.0 Å². The predicted molar refractivity (Wildman–Crippen MR) is 69.2 cm³/mol. The van der Waals surface area contributed by atoms with E-state index in [9.17, 15) is 4.39 Å². The second-order valence-corrected chi connectivity index (χ2v) is 4.53. The maximum Gasteiger partial charge on any atom is 0.227 e. The Labute approximate surface area is 106 Å². The molecule has 2 rings (SSSR count). The smallest absolute Gasteiger partial charge is 0.227 e. The van der Waals surface area contributed by atoms with Crippen LogP contribution in [0.3, 0.4) is 0 Å². The lowest BCUT2D eigenvalue weighted by molar-refractivity contribution is 0.630. The van der Waals surface area contributed by atoms with E-state index in [2.05, 4.69) is 37.9 Å². The Morgan fingerprint density at radius 3 is 2.56 bits per heavy atom. The number of anilines is 2. The number of aryl methyl sites for hydroxylation is 1. The molecule has 1 aromatic heterocycles. The minimum Gasteiger partial charge on any atom is -0.321 e. The highest BCUT2D eigenvalue weighted by molar-refractivity contribution is 14.1. The van der Waals surface area contributed by atoms with Crippen molar-refractivity contribution in [1.29, 1.82) is 0 Å². The van der Waals surface area contributed by atoms with E-state index in [1.54, 1.807) is 18.5 Å². The highest BCUT2D eigenvalue weighted by Crippen LogP contribution is 2.21. The zero-order chi connectivity index (χ0) is 11.5. The minimum atomic E-state index is -0.304. The van der Waals surface area contributed by atoms with Crippen molar-refractivity contribution in [2.75, 3.05) is 5.32 Å². The Morgan fingerprint density at radius 2 is 1.94 bits per heavy atom. The molecule has 0 aliphatic rings. The lowest BCUT2D eigenvalue weighted by Crippen LogP contribution is -2.00. The molecule has 0 bridgehead atoms. The summed E-state index contributed by atoms with van der Waals surface area (Å²) in [6.45, 7) is 1.83. The Hall–Kier alpha value is -1.24. The first-order valence-corrected chi connectivity index (χ1v) is 5.74. The molecule has 2 aromatic rings. The van der Waals surface area contributed by atoms with Crippen LogP contribution in [0.25, 0.3) is 0 Å². The first-order valence-electron chi connectivity index (χ1n) is 4.66. The van der Waals surface area contributed by atoms with Gasteiger partial charge in [0.25, 0.3) is 0 Å². The third-order valence-electron chi connectivity index (χ3n) is 2.08. The number of benzene rings is 1. The third kappa shape index (κ3) is 2.46. The molecule has 0 aliphatic carbocycles. The van der Waals surface area contributed by atoms with Crippen LogP contribution in [-0.4, -0.2) is 9.97 Å². The highest BCUT2D eigenvalue weighted by Gasteiger charge is 2.06. The first-order chi connectivity index (χ1) is 7.66. The molecule has 1 N–H and O–H groups in total. The van der Waals surface area contributed by atoms with Crippen LogP contribution in [-0.2, 0) is 0 Å². The maximum absolute atomic E-state index is 13.5. The number of rotatable bonds is 2. The third-order valence-corrected chi connectivity index (χ3v) is 2.64. The lowest BCUT2D eigenvalue weighted by Gasteiger charge is -2.08. The van der Waals surface area contributed by atoms with Gasteiger partial charge in [-0.15, -0.1) is 0 Å². The Bertz CT molecular complexity index is 479. The normalized spacial score (nSPS) is 10.2. The van der Waals surface area contributed by atoms with Crippen LogP contribution >= 0.6 is 22.6 Å². The van der Waals surface area contributed by atoms with Crippen molar-refractivity contribution >= 4 is 34.2 Å². The summed E-state index contributed by atoms with van der Waals surface area (Å²) in [5, 5.41) is 2.87. The molecule has 0 fully saturated rings. The van der Waals surface area contributed by atoms with E-state index in [1.165, 1.54) is 6.07 Å². The van der Waals surface area contributed by atoms with Crippen molar-refractivity contribution in [3.05, 3.63) is 45.5 Å². The van der Waals surface area contributed by atoms with Crippen LogP contribution in [0, 0.1) is 16.3 Å². The zero-order valence-electron chi connectivity index (χ0n) is 8.54. The van der Waals surface area contributed by atoms with Gasteiger partial charge in [0.15, 0.2) is 0 Å². The molecule has 0 amide bonds. The second-order valence-electron chi connectivity index (χ2n) is 3.28. The van der Waals surface area contributed by atoms with Crippen LogP contribution in [0.2, 0.25) is 0 Å². The lowest BCUT2D eigenvalue weighted by atomic mass is 10.2. The van der Waals surface area contributed by atoms with Crippen LogP contribution in [0.15, 0.2) is 30.6 Å². The maximum atomic E-state index is 13.5. The Kier molecular flexibility index (Phi) is 3.33. The topological polar surface area (TPSA) is 37.8 Å². The van der Waals surface area contributed by atoms with Gasteiger partial charge in [0.1, 0.15) is 5.82 Å². The zero-order valence-corrected chi connectivity index (χ0v) is 10.7. The minimum absolute atomic E-state index is 0.304. The van der Waals surface area contributed by atoms with E-state index in [4.69, 9.17) is 0 Å². The highest BCUT2D eigenvalue weighted by atomic mass is 127.